The largest absolute Gasteiger partial charge is 0.490 e. The van der Waals surface area contributed by atoms with E-state index in [9.17, 15) is 14.4 Å². The minimum Gasteiger partial charge on any atom is -0.490 e. The third-order valence-corrected chi connectivity index (χ3v) is 5.24. The smallest absolute Gasteiger partial charge is 0.440 e. The average Bonchev–Trinajstić information content (AvgIpc) is 3.17. The number of hydrogen-bond donors (Lipinski definition) is 1. The van der Waals surface area contributed by atoms with Gasteiger partial charge in [0.25, 0.3) is 0 Å². The fraction of sp³-hybridized carbons (Fsp3) is 0.231. The summed E-state index contributed by atoms with van der Waals surface area (Å²) in [6, 6.07) is 16.8. The molecule has 0 unspecified atom stereocenters. The maximum Gasteiger partial charge on any atom is 0.440 e. The number of nitrogens with zero attached hydrogens (tertiary/aromatic N) is 2. The van der Waals surface area contributed by atoms with Crippen molar-refractivity contribution in [3.05, 3.63) is 98.5 Å². The van der Waals surface area contributed by atoms with Crippen molar-refractivity contribution in [1.82, 2.24) is 14.7 Å². The maximum atomic E-state index is 11.6. The molecule has 0 radical (unpaired) electrons. The van der Waals surface area contributed by atoms with Gasteiger partial charge in [-0.1, -0.05) is 12.1 Å². The van der Waals surface area contributed by atoms with Crippen molar-refractivity contribution in [2.45, 2.75) is 27.0 Å². The van der Waals surface area contributed by atoms with Crippen LogP contribution in [-0.4, -0.2) is 33.9 Å². The Balaban J connectivity index is 1.35. The van der Waals surface area contributed by atoms with Gasteiger partial charge in [-0.2, -0.15) is 0 Å². The molecule has 0 amide bonds. The van der Waals surface area contributed by atoms with Gasteiger partial charge < -0.3 is 18.7 Å². The summed E-state index contributed by atoms with van der Waals surface area (Å²) < 4.78 is 22.2. The molecule has 10 heteroatoms. The maximum absolute atomic E-state index is 11.6. The lowest BCUT2D eigenvalue weighted by molar-refractivity contribution is -0.141. The van der Waals surface area contributed by atoms with Gasteiger partial charge in [0.15, 0.2) is 0 Å². The monoisotopic (exact) mass is 491 g/mol. The number of aromatic amines is 1. The zero-order valence-electron chi connectivity index (χ0n) is 19.9. The zero-order chi connectivity index (χ0) is 25.5. The molecular formula is C26H25N3O7. The summed E-state index contributed by atoms with van der Waals surface area (Å²) in [5.41, 5.74) is 3.93. The van der Waals surface area contributed by atoms with Crippen LogP contribution in [0.5, 0.6) is 11.5 Å². The standard InChI is InChI=1S/C26H25N3O7/c1-17-13-22(34-12-11-33-18(2)30)7-8-23(17)24-14-20(9-10-27-24)16-35-21-5-3-19(4-6-21)15-29-25(31)28-26(32)36-29/h3-10,13-14H,11-12,15-16H2,1-2H3,(H,28,31,32). The number of H-pyrrole nitrogens is 1. The zero-order valence-corrected chi connectivity index (χ0v) is 19.9. The Bertz CT molecular complexity index is 1450. The van der Waals surface area contributed by atoms with E-state index in [4.69, 9.17) is 18.7 Å². The van der Waals surface area contributed by atoms with Crippen molar-refractivity contribution in [2.75, 3.05) is 13.2 Å². The summed E-state index contributed by atoms with van der Waals surface area (Å²) in [6.45, 7) is 4.31. The summed E-state index contributed by atoms with van der Waals surface area (Å²) >= 11 is 0. The number of hydrogen-bond acceptors (Lipinski definition) is 8. The molecule has 0 spiro atoms. The minimum absolute atomic E-state index is 0.140. The first-order valence-corrected chi connectivity index (χ1v) is 11.2. The summed E-state index contributed by atoms with van der Waals surface area (Å²) in [4.78, 5) is 40.1. The van der Waals surface area contributed by atoms with Gasteiger partial charge in [-0.3, -0.25) is 9.78 Å². The number of benzene rings is 2. The molecule has 0 saturated heterocycles. The molecule has 0 saturated carbocycles. The van der Waals surface area contributed by atoms with Crippen LogP contribution in [0.2, 0.25) is 0 Å². The Morgan fingerprint density at radius 3 is 2.44 bits per heavy atom. The van der Waals surface area contributed by atoms with Crippen molar-refractivity contribution < 1.29 is 23.5 Å². The highest BCUT2D eigenvalue weighted by Crippen LogP contribution is 2.26. The Morgan fingerprint density at radius 2 is 1.75 bits per heavy atom. The second kappa shape index (κ2) is 11.2. The van der Waals surface area contributed by atoms with Crippen molar-refractivity contribution in [2.24, 2.45) is 0 Å². The van der Waals surface area contributed by atoms with Gasteiger partial charge in [-0.15, -0.1) is 4.74 Å². The summed E-state index contributed by atoms with van der Waals surface area (Å²) in [6.07, 6.45) is 1.74. The number of ether oxygens (including phenoxy) is 3. The van der Waals surface area contributed by atoms with E-state index in [1.165, 1.54) is 6.92 Å². The first-order valence-electron chi connectivity index (χ1n) is 11.2. The van der Waals surface area contributed by atoms with Crippen LogP contribution in [0.3, 0.4) is 0 Å². The fourth-order valence-corrected chi connectivity index (χ4v) is 3.51. The molecule has 0 aliphatic rings. The van der Waals surface area contributed by atoms with Gasteiger partial charge in [0.2, 0.25) is 0 Å². The number of nitrogens with one attached hydrogen (secondary N) is 1. The molecule has 2 aromatic carbocycles. The summed E-state index contributed by atoms with van der Waals surface area (Å²) in [5, 5.41) is 0. The number of esters is 1. The van der Waals surface area contributed by atoms with Crippen LogP contribution in [0, 0.1) is 6.92 Å². The molecule has 2 aromatic heterocycles. The van der Waals surface area contributed by atoms with E-state index in [0.717, 1.165) is 32.7 Å². The predicted octanol–water partition coefficient (Wildman–Crippen LogP) is 3.07. The molecule has 0 aliphatic heterocycles. The van der Waals surface area contributed by atoms with Crippen molar-refractivity contribution in [3.63, 3.8) is 0 Å². The Kier molecular flexibility index (Phi) is 7.64. The molecule has 0 atom stereocenters. The molecule has 36 heavy (non-hydrogen) atoms. The van der Waals surface area contributed by atoms with E-state index >= 15 is 0 Å². The topological polar surface area (TPSA) is 126 Å². The Labute approximate surface area is 206 Å². The van der Waals surface area contributed by atoms with Gasteiger partial charge in [0.05, 0.1) is 12.2 Å². The van der Waals surface area contributed by atoms with E-state index in [1.807, 2.05) is 42.2 Å². The highest BCUT2D eigenvalue weighted by molar-refractivity contribution is 5.66. The first kappa shape index (κ1) is 24.5. The van der Waals surface area contributed by atoms with Crippen LogP contribution < -0.4 is 20.9 Å². The normalized spacial score (nSPS) is 10.7. The second-order valence-electron chi connectivity index (χ2n) is 7.99. The molecule has 186 valence electrons. The van der Waals surface area contributed by atoms with Crippen LogP contribution in [0.4, 0.5) is 0 Å². The Morgan fingerprint density at radius 1 is 0.972 bits per heavy atom. The number of pyridine rings is 1. The minimum atomic E-state index is -0.785. The second-order valence-corrected chi connectivity index (χ2v) is 7.99. The third-order valence-electron chi connectivity index (χ3n) is 5.24. The van der Waals surface area contributed by atoms with Crippen LogP contribution in [0.15, 0.2) is 74.9 Å². The van der Waals surface area contributed by atoms with Crippen molar-refractivity contribution in [1.29, 1.82) is 0 Å². The van der Waals surface area contributed by atoms with Gasteiger partial charge >= 0.3 is 17.4 Å². The molecule has 0 fully saturated rings. The lowest BCUT2D eigenvalue weighted by Gasteiger charge is -2.11. The van der Waals surface area contributed by atoms with Crippen LogP contribution >= 0.6 is 0 Å². The van der Waals surface area contributed by atoms with Gasteiger partial charge in [0.1, 0.15) is 31.3 Å². The van der Waals surface area contributed by atoms with Gasteiger partial charge in [-0.25, -0.2) is 14.6 Å². The fourth-order valence-electron chi connectivity index (χ4n) is 3.51. The lowest BCUT2D eigenvalue weighted by atomic mass is 10.0. The number of rotatable bonds is 10. The molecule has 10 nitrogen and oxygen atoms in total. The summed E-state index contributed by atoms with van der Waals surface area (Å²) in [7, 11) is 0. The van der Waals surface area contributed by atoms with Crippen molar-refractivity contribution in [3.8, 4) is 22.8 Å². The lowest BCUT2D eigenvalue weighted by Crippen LogP contribution is -2.17. The molecule has 4 rings (SSSR count). The van der Waals surface area contributed by atoms with E-state index in [1.54, 1.807) is 30.5 Å². The molecule has 2 heterocycles. The van der Waals surface area contributed by atoms with Gasteiger partial charge in [-0.05, 0) is 66.1 Å². The quantitative estimate of drug-likeness (QED) is 0.265. The van der Waals surface area contributed by atoms with Crippen molar-refractivity contribution >= 4 is 5.97 Å². The highest BCUT2D eigenvalue weighted by atomic mass is 16.6. The van der Waals surface area contributed by atoms with Gasteiger partial charge in [0, 0.05) is 18.7 Å². The number of carbonyl (C=O) groups is 1. The molecule has 1 N–H and O–H groups in total. The van der Waals surface area contributed by atoms with Crippen LogP contribution in [0.25, 0.3) is 11.3 Å². The van der Waals surface area contributed by atoms with E-state index in [0.29, 0.717) is 18.1 Å². The SMILES string of the molecule is CC(=O)OCCOc1ccc(-c2cc(COc3ccc(Cn4oc(=O)[nH]c4=O)cc3)ccn2)c(C)c1. The van der Waals surface area contributed by atoms with E-state index in [-0.39, 0.29) is 25.7 Å². The summed E-state index contributed by atoms with van der Waals surface area (Å²) in [5.74, 6) is 0.229. The molecular weight excluding hydrogens is 466 g/mol. The first-order chi connectivity index (χ1) is 17.4. The number of aromatic nitrogens is 3. The molecule has 0 aliphatic carbocycles. The molecule has 0 bridgehead atoms. The highest BCUT2D eigenvalue weighted by Gasteiger charge is 2.08. The average molecular weight is 492 g/mol. The number of aryl methyl sites for hydroxylation is 1. The van der Waals surface area contributed by atoms with Crippen LogP contribution in [-0.2, 0) is 22.7 Å². The predicted molar refractivity (Wildman–Crippen MR) is 130 cm³/mol. The Hall–Kier alpha value is -4.60. The van der Waals surface area contributed by atoms with Crippen LogP contribution in [0.1, 0.15) is 23.6 Å². The number of carbonyl (C=O) groups excluding carboxylic acids is 1. The van der Waals surface area contributed by atoms with E-state index in [2.05, 4.69) is 4.98 Å². The van der Waals surface area contributed by atoms with E-state index < -0.39 is 11.4 Å². The molecule has 4 aromatic rings. The third kappa shape index (κ3) is 6.50.